The summed E-state index contributed by atoms with van der Waals surface area (Å²) in [6, 6.07) is 0. The molecule has 0 saturated heterocycles. The average molecular weight is 317 g/mol. The molecule has 0 heterocycles. The van der Waals surface area contributed by atoms with Gasteiger partial charge in [-0.25, -0.2) is 0 Å². The SMILES string of the molecule is BrC[C@@H]1CCCC[C@H]1CI. The van der Waals surface area contributed by atoms with Crippen molar-refractivity contribution in [3.63, 3.8) is 0 Å². The fourth-order valence-electron chi connectivity index (χ4n) is 1.69. The molecule has 10 heavy (non-hydrogen) atoms. The Morgan fingerprint density at radius 2 is 1.80 bits per heavy atom. The number of hydrogen-bond acceptors (Lipinski definition) is 0. The maximum atomic E-state index is 3.59. The van der Waals surface area contributed by atoms with Crippen molar-refractivity contribution in [1.82, 2.24) is 0 Å². The summed E-state index contributed by atoms with van der Waals surface area (Å²) < 4.78 is 1.36. The van der Waals surface area contributed by atoms with Crippen LogP contribution in [-0.2, 0) is 0 Å². The molecule has 0 aromatic rings. The van der Waals surface area contributed by atoms with E-state index in [2.05, 4.69) is 38.5 Å². The van der Waals surface area contributed by atoms with Crippen LogP contribution >= 0.6 is 38.5 Å². The molecule has 0 radical (unpaired) electrons. The summed E-state index contributed by atoms with van der Waals surface area (Å²) in [5.74, 6) is 1.99. The van der Waals surface area contributed by atoms with Gasteiger partial charge in [-0.3, -0.25) is 0 Å². The second-order valence-electron chi connectivity index (χ2n) is 3.11. The molecule has 0 nitrogen and oxygen atoms in total. The Morgan fingerprint density at radius 3 is 2.20 bits per heavy atom. The molecule has 1 aliphatic carbocycles. The molecule has 0 aromatic heterocycles. The van der Waals surface area contributed by atoms with Crippen molar-refractivity contribution in [2.45, 2.75) is 25.7 Å². The minimum atomic E-state index is 0.977. The van der Waals surface area contributed by atoms with E-state index in [1.807, 2.05) is 0 Å². The molecule has 0 spiro atoms. The monoisotopic (exact) mass is 316 g/mol. The molecule has 1 rings (SSSR count). The number of alkyl halides is 2. The van der Waals surface area contributed by atoms with Crippen molar-refractivity contribution in [1.29, 1.82) is 0 Å². The van der Waals surface area contributed by atoms with Gasteiger partial charge >= 0.3 is 0 Å². The normalized spacial score (nSPS) is 34.2. The van der Waals surface area contributed by atoms with Gasteiger partial charge in [0.1, 0.15) is 0 Å². The van der Waals surface area contributed by atoms with Crippen LogP contribution in [0, 0.1) is 11.8 Å². The van der Waals surface area contributed by atoms with Crippen LogP contribution < -0.4 is 0 Å². The van der Waals surface area contributed by atoms with Gasteiger partial charge in [-0.1, -0.05) is 51.4 Å². The Kier molecular flexibility index (Phi) is 4.62. The lowest BCUT2D eigenvalue weighted by molar-refractivity contribution is 0.292. The summed E-state index contributed by atoms with van der Waals surface area (Å²) in [6.45, 7) is 0. The topological polar surface area (TPSA) is 0 Å². The third-order valence-electron chi connectivity index (χ3n) is 2.46. The van der Waals surface area contributed by atoms with Crippen LogP contribution in [-0.4, -0.2) is 9.76 Å². The van der Waals surface area contributed by atoms with E-state index in [1.54, 1.807) is 0 Å². The van der Waals surface area contributed by atoms with E-state index < -0.39 is 0 Å². The smallest absolute Gasteiger partial charge is 0.00625 e. The van der Waals surface area contributed by atoms with Crippen molar-refractivity contribution in [2.24, 2.45) is 11.8 Å². The maximum absolute atomic E-state index is 3.59. The van der Waals surface area contributed by atoms with Crippen molar-refractivity contribution >= 4 is 38.5 Å². The van der Waals surface area contributed by atoms with Gasteiger partial charge in [0.25, 0.3) is 0 Å². The van der Waals surface area contributed by atoms with Crippen molar-refractivity contribution in [3.8, 4) is 0 Å². The fourth-order valence-corrected chi connectivity index (χ4v) is 3.70. The van der Waals surface area contributed by atoms with Gasteiger partial charge in [0, 0.05) is 9.76 Å². The van der Waals surface area contributed by atoms with E-state index in [4.69, 9.17) is 0 Å². The molecule has 0 aliphatic heterocycles. The van der Waals surface area contributed by atoms with E-state index in [9.17, 15) is 0 Å². The maximum Gasteiger partial charge on any atom is 0.00625 e. The minimum absolute atomic E-state index is 0.977. The molecule has 60 valence electrons. The molecule has 0 bridgehead atoms. The number of rotatable bonds is 2. The van der Waals surface area contributed by atoms with Gasteiger partial charge in [0.05, 0.1) is 0 Å². The summed E-state index contributed by atoms with van der Waals surface area (Å²) in [5.41, 5.74) is 0. The van der Waals surface area contributed by atoms with E-state index in [1.165, 1.54) is 35.4 Å². The predicted molar refractivity (Wildman–Crippen MR) is 58.1 cm³/mol. The highest BCUT2D eigenvalue weighted by Gasteiger charge is 2.22. The van der Waals surface area contributed by atoms with Crippen LogP contribution in [0.4, 0.5) is 0 Å². The third-order valence-corrected chi connectivity index (χ3v) is 4.43. The molecule has 0 aromatic carbocycles. The van der Waals surface area contributed by atoms with Crippen LogP contribution in [0.25, 0.3) is 0 Å². The summed E-state index contributed by atoms with van der Waals surface area (Å²) in [4.78, 5) is 0. The molecule has 2 heteroatoms. The van der Waals surface area contributed by atoms with Crippen LogP contribution in [0.1, 0.15) is 25.7 Å². The molecule has 2 atom stereocenters. The second-order valence-corrected chi connectivity index (χ2v) is 4.64. The van der Waals surface area contributed by atoms with Gasteiger partial charge in [0.2, 0.25) is 0 Å². The van der Waals surface area contributed by atoms with Crippen molar-refractivity contribution in [2.75, 3.05) is 9.76 Å². The Morgan fingerprint density at radius 1 is 1.20 bits per heavy atom. The van der Waals surface area contributed by atoms with Gasteiger partial charge in [-0.15, -0.1) is 0 Å². The zero-order valence-electron chi connectivity index (χ0n) is 6.15. The molecule has 0 unspecified atom stereocenters. The first-order valence-corrected chi connectivity index (χ1v) is 6.65. The first kappa shape index (κ1) is 9.30. The average Bonchev–Trinajstić information content (AvgIpc) is 2.04. The van der Waals surface area contributed by atoms with Gasteiger partial charge in [-0.2, -0.15) is 0 Å². The highest BCUT2D eigenvalue weighted by Crippen LogP contribution is 2.32. The highest BCUT2D eigenvalue weighted by molar-refractivity contribution is 14.1. The van der Waals surface area contributed by atoms with E-state index in [0.29, 0.717) is 0 Å². The molecule has 0 amide bonds. The van der Waals surface area contributed by atoms with E-state index in [-0.39, 0.29) is 0 Å². The van der Waals surface area contributed by atoms with Crippen molar-refractivity contribution < 1.29 is 0 Å². The zero-order valence-corrected chi connectivity index (χ0v) is 9.90. The molecular formula is C8H14BrI. The molecule has 1 aliphatic rings. The molecule has 1 fully saturated rings. The summed E-state index contributed by atoms with van der Waals surface area (Å²) >= 11 is 6.11. The Labute approximate surface area is 85.4 Å². The fraction of sp³-hybridized carbons (Fsp3) is 1.00. The summed E-state index contributed by atoms with van der Waals surface area (Å²) in [6.07, 6.45) is 5.86. The summed E-state index contributed by atoms with van der Waals surface area (Å²) in [7, 11) is 0. The highest BCUT2D eigenvalue weighted by atomic mass is 127. The summed E-state index contributed by atoms with van der Waals surface area (Å²) in [5, 5.41) is 1.22. The van der Waals surface area contributed by atoms with Crippen LogP contribution in [0.2, 0.25) is 0 Å². The molecule has 0 N–H and O–H groups in total. The largest absolute Gasteiger partial charge is 0.0925 e. The molecule has 1 saturated carbocycles. The first-order chi connectivity index (χ1) is 4.88. The lowest BCUT2D eigenvalue weighted by Crippen LogP contribution is -2.21. The van der Waals surface area contributed by atoms with E-state index >= 15 is 0 Å². The lowest BCUT2D eigenvalue weighted by atomic mass is 9.82. The van der Waals surface area contributed by atoms with E-state index in [0.717, 1.165) is 11.8 Å². The molecular weight excluding hydrogens is 303 g/mol. The Balaban J connectivity index is 2.34. The Bertz CT molecular complexity index is 83.3. The second kappa shape index (κ2) is 4.96. The van der Waals surface area contributed by atoms with Crippen LogP contribution in [0.15, 0.2) is 0 Å². The third kappa shape index (κ3) is 2.36. The van der Waals surface area contributed by atoms with Gasteiger partial charge in [-0.05, 0) is 24.7 Å². The lowest BCUT2D eigenvalue weighted by Gasteiger charge is -2.28. The first-order valence-electron chi connectivity index (χ1n) is 4.00. The van der Waals surface area contributed by atoms with Gasteiger partial charge < -0.3 is 0 Å². The van der Waals surface area contributed by atoms with Crippen LogP contribution in [0.5, 0.6) is 0 Å². The van der Waals surface area contributed by atoms with Crippen molar-refractivity contribution in [3.05, 3.63) is 0 Å². The zero-order chi connectivity index (χ0) is 7.40. The minimum Gasteiger partial charge on any atom is -0.0925 e. The number of halogens is 2. The quantitative estimate of drug-likeness (QED) is 0.539. The standard InChI is InChI=1S/C8H14BrI/c9-5-7-3-1-2-4-8(7)6-10/h7-8H,1-6H2/t7-,8-/m0/s1. The number of hydrogen-bond donors (Lipinski definition) is 0. The van der Waals surface area contributed by atoms with Gasteiger partial charge in [0.15, 0.2) is 0 Å². The Hall–Kier alpha value is 1.21. The van der Waals surface area contributed by atoms with Crippen LogP contribution in [0.3, 0.4) is 0 Å². The predicted octanol–water partition coefficient (Wildman–Crippen LogP) is 3.62.